The normalized spacial score (nSPS) is 15.8. The Morgan fingerprint density at radius 3 is 2.19 bits per heavy atom. The molecule has 26 heavy (non-hydrogen) atoms. The summed E-state index contributed by atoms with van der Waals surface area (Å²) in [6, 6.07) is 7.00. The average molecular weight is 360 g/mol. The fourth-order valence-corrected chi connectivity index (χ4v) is 3.08. The second kappa shape index (κ2) is 9.17. The molecule has 1 aromatic carbocycles. The van der Waals surface area contributed by atoms with Crippen molar-refractivity contribution in [2.45, 2.75) is 40.5 Å². The van der Waals surface area contributed by atoms with E-state index in [0.717, 1.165) is 39.0 Å². The predicted octanol–water partition coefficient (Wildman–Crippen LogP) is 2.92. The molecule has 144 valence electrons. The standard InChI is InChI=1S/C21H33N3O2/c1-5-22-14-16-10-12-24(13-11-16)20(26)18-8-6-17(7-9-18)19(25)23-15-21(2,3)4/h6-9,16,22H,5,10-15H2,1-4H3,(H,23,25). The van der Waals surface area contributed by atoms with Crippen LogP contribution in [-0.2, 0) is 0 Å². The van der Waals surface area contributed by atoms with Crippen molar-refractivity contribution in [1.82, 2.24) is 15.5 Å². The number of nitrogens with zero attached hydrogens (tertiary/aromatic N) is 1. The molecular formula is C21H33N3O2. The van der Waals surface area contributed by atoms with Gasteiger partial charge in [-0.2, -0.15) is 0 Å². The van der Waals surface area contributed by atoms with E-state index < -0.39 is 0 Å². The summed E-state index contributed by atoms with van der Waals surface area (Å²) in [6.07, 6.45) is 2.10. The van der Waals surface area contributed by atoms with Crippen LogP contribution in [0.25, 0.3) is 0 Å². The third-order valence-electron chi connectivity index (χ3n) is 4.76. The first kappa shape index (κ1) is 20.4. The van der Waals surface area contributed by atoms with Crippen LogP contribution in [0.4, 0.5) is 0 Å². The second-order valence-electron chi connectivity index (χ2n) is 8.36. The quantitative estimate of drug-likeness (QED) is 0.821. The van der Waals surface area contributed by atoms with Crippen LogP contribution in [0.15, 0.2) is 24.3 Å². The summed E-state index contributed by atoms with van der Waals surface area (Å²) in [6.45, 7) is 12.6. The van der Waals surface area contributed by atoms with Gasteiger partial charge in [0.2, 0.25) is 0 Å². The van der Waals surface area contributed by atoms with Crippen molar-refractivity contribution in [1.29, 1.82) is 0 Å². The van der Waals surface area contributed by atoms with Gasteiger partial charge in [-0.1, -0.05) is 27.7 Å². The molecule has 1 fully saturated rings. The summed E-state index contributed by atoms with van der Waals surface area (Å²) in [5.41, 5.74) is 1.29. The highest BCUT2D eigenvalue weighted by molar-refractivity contribution is 5.97. The van der Waals surface area contributed by atoms with Crippen molar-refractivity contribution in [3.63, 3.8) is 0 Å². The van der Waals surface area contributed by atoms with Gasteiger partial charge in [0.05, 0.1) is 0 Å². The van der Waals surface area contributed by atoms with E-state index in [1.807, 2.05) is 4.90 Å². The first-order valence-electron chi connectivity index (χ1n) is 9.68. The van der Waals surface area contributed by atoms with E-state index in [4.69, 9.17) is 0 Å². The number of rotatable bonds is 6. The van der Waals surface area contributed by atoms with Crippen LogP contribution in [-0.4, -0.2) is 49.4 Å². The molecule has 0 radical (unpaired) electrons. The summed E-state index contributed by atoms with van der Waals surface area (Å²) < 4.78 is 0. The van der Waals surface area contributed by atoms with Gasteiger partial charge in [-0.3, -0.25) is 9.59 Å². The molecule has 2 N–H and O–H groups in total. The van der Waals surface area contributed by atoms with Crippen LogP contribution in [0.5, 0.6) is 0 Å². The number of benzene rings is 1. The van der Waals surface area contributed by atoms with Crippen molar-refractivity contribution in [3.8, 4) is 0 Å². The Labute approximate surface area is 157 Å². The van der Waals surface area contributed by atoms with Crippen LogP contribution in [0, 0.1) is 11.3 Å². The maximum atomic E-state index is 12.7. The van der Waals surface area contributed by atoms with Gasteiger partial charge in [-0.05, 0) is 61.5 Å². The zero-order valence-electron chi connectivity index (χ0n) is 16.6. The lowest BCUT2D eigenvalue weighted by Gasteiger charge is -2.32. The molecule has 0 aliphatic carbocycles. The van der Waals surface area contributed by atoms with Crippen LogP contribution in [0.1, 0.15) is 61.3 Å². The van der Waals surface area contributed by atoms with Crippen LogP contribution in [0.3, 0.4) is 0 Å². The van der Waals surface area contributed by atoms with Gasteiger partial charge >= 0.3 is 0 Å². The molecule has 2 rings (SSSR count). The first-order valence-corrected chi connectivity index (χ1v) is 9.68. The molecule has 0 bridgehead atoms. The maximum absolute atomic E-state index is 12.7. The number of hydrogen-bond donors (Lipinski definition) is 2. The van der Waals surface area contributed by atoms with Gasteiger partial charge in [0.1, 0.15) is 0 Å². The van der Waals surface area contributed by atoms with Crippen LogP contribution < -0.4 is 10.6 Å². The first-order chi connectivity index (χ1) is 12.3. The lowest BCUT2D eigenvalue weighted by Crippen LogP contribution is -2.40. The molecular weight excluding hydrogens is 326 g/mol. The second-order valence-corrected chi connectivity index (χ2v) is 8.36. The SMILES string of the molecule is CCNCC1CCN(C(=O)c2ccc(C(=O)NCC(C)(C)C)cc2)CC1. The number of amides is 2. The van der Waals surface area contributed by atoms with Gasteiger partial charge in [0.25, 0.3) is 11.8 Å². The van der Waals surface area contributed by atoms with E-state index in [0.29, 0.717) is 23.6 Å². The molecule has 1 heterocycles. The molecule has 0 spiro atoms. The highest BCUT2D eigenvalue weighted by atomic mass is 16.2. The summed E-state index contributed by atoms with van der Waals surface area (Å²) in [7, 11) is 0. The minimum atomic E-state index is -0.0943. The summed E-state index contributed by atoms with van der Waals surface area (Å²) in [5, 5.41) is 6.32. The van der Waals surface area contributed by atoms with E-state index in [1.54, 1.807) is 24.3 Å². The number of carbonyl (C=O) groups excluding carboxylic acids is 2. The van der Waals surface area contributed by atoms with Crippen molar-refractivity contribution >= 4 is 11.8 Å². The van der Waals surface area contributed by atoms with Crippen molar-refractivity contribution < 1.29 is 9.59 Å². The Hall–Kier alpha value is -1.88. The molecule has 1 aliphatic rings. The zero-order chi connectivity index (χ0) is 19.2. The van der Waals surface area contributed by atoms with Gasteiger partial charge < -0.3 is 15.5 Å². The molecule has 0 unspecified atom stereocenters. The Balaban J connectivity index is 1.88. The predicted molar refractivity (Wildman–Crippen MR) is 105 cm³/mol. The van der Waals surface area contributed by atoms with E-state index >= 15 is 0 Å². The Morgan fingerprint density at radius 1 is 1.08 bits per heavy atom. The van der Waals surface area contributed by atoms with E-state index in [2.05, 4.69) is 38.3 Å². The number of nitrogens with one attached hydrogen (secondary N) is 2. The Kier molecular flexibility index (Phi) is 7.21. The number of likely N-dealkylation sites (tertiary alicyclic amines) is 1. The van der Waals surface area contributed by atoms with Gasteiger partial charge in [-0.15, -0.1) is 0 Å². The lowest BCUT2D eigenvalue weighted by molar-refractivity contribution is 0.0690. The Morgan fingerprint density at radius 2 is 1.65 bits per heavy atom. The Bertz CT molecular complexity index is 597. The van der Waals surface area contributed by atoms with Gasteiger partial charge in [-0.25, -0.2) is 0 Å². The number of hydrogen-bond acceptors (Lipinski definition) is 3. The summed E-state index contributed by atoms with van der Waals surface area (Å²) >= 11 is 0. The highest BCUT2D eigenvalue weighted by Crippen LogP contribution is 2.19. The van der Waals surface area contributed by atoms with Crippen LogP contribution >= 0.6 is 0 Å². The van der Waals surface area contributed by atoms with Gasteiger partial charge in [0.15, 0.2) is 0 Å². The van der Waals surface area contributed by atoms with E-state index in [1.165, 1.54) is 0 Å². The third kappa shape index (κ3) is 6.13. The molecule has 0 atom stereocenters. The summed E-state index contributed by atoms with van der Waals surface area (Å²) in [5.74, 6) is 0.629. The van der Waals surface area contributed by atoms with Crippen molar-refractivity contribution in [3.05, 3.63) is 35.4 Å². The number of carbonyl (C=O) groups is 2. The lowest BCUT2D eigenvalue weighted by atomic mass is 9.96. The average Bonchev–Trinajstić information content (AvgIpc) is 2.64. The van der Waals surface area contributed by atoms with E-state index in [9.17, 15) is 9.59 Å². The number of piperidine rings is 1. The molecule has 5 heteroatoms. The van der Waals surface area contributed by atoms with Gasteiger partial charge in [0, 0.05) is 30.8 Å². The molecule has 0 aromatic heterocycles. The minimum Gasteiger partial charge on any atom is -0.352 e. The minimum absolute atomic E-state index is 0.0460. The topological polar surface area (TPSA) is 61.4 Å². The smallest absolute Gasteiger partial charge is 0.253 e. The van der Waals surface area contributed by atoms with Crippen molar-refractivity contribution in [2.24, 2.45) is 11.3 Å². The largest absolute Gasteiger partial charge is 0.352 e. The molecule has 0 saturated carbocycles. The third-order valence-corrected chi connectivity index (χ3v) is 4.76. The molecule has 1 aliphatic heterocycles. The van der Waals surface area contributed by atoms with Crippen molar-refractivity contribution in [2.75, 3.05) is 32.7 Å². The molecule has 2 amide bonds. The maximum Gasteiger partial charge on any atom is 0.253 e. The monoisotopic (exact) mass is 359 g/mol. The van der Waals surface area contributed by atoms with E-state index in [-0.39, 0.29) is 17.2 Å². The fourth-order valence-electron chi connectivity index (χ4n) is 3.08. The molecule has 1 aromatic rings. The zero-order valence-corrected chi connectivity index (χ0v) is 16.6. The molecule has 5 nitrogen and oxygen atoms in total. The van der Waals surface area contributed by atoms with Crippen LogP contribution in [0.2, 0.25) is 0 Å². The fraction of sp³-hybridized carbons (Fsp3) is 0.619. The molecule has 1 saturated heterocycles. The summed E-state index contributed by atoms with van der Waals surface area (Å²) in [4.78, 5) is 26.8. The highest BCUT2D eigenvalue weighted by Gasteiger charge is 2.23.